The Hall–Kier alpha value is -1.91. The Labute approximate surface area is 106 Å². The van der Waals surface area contributed by atoms with E-state index >= 15 is 0 Å². The van der Waals surface area contributed by atoms with Gasteiger partial charge in [0, 0.05) is 24.8 Å². The molecule has 18 heavy (non-hydrogen) atoms. The van der Waals surface area contributed by atoms with Gasteiger partial charge in [-0.2, -0.15) is 0 Å². The van der Waals surface area contributed by atoms with Crippen molar-refractivity contribution in [2.75, 3.05) is 11.9 Å². The van der Waals surface area contributed by atoms with Crippen molar-refractivity contribution < 1.29 is 0 Å². The predicted octanol–water partition coefficient (Wildman–Crippen LogP) is 1.80. The molecular weight excluding hydrogens is 226 g/mol. The normalized spacial score (nSPS) is 13.7. The zero-order valence-corrected chi connectivity index (χ0v) is 10.8. The van der Waals surface area contributed by atoms with Crippen molar-refractivity contribution in [2.45, 2.75) is 26.2 Å². The molecular formula is C13H17N5. The van der Waals surface area contributed by atoms with Gasteiger partial charge in [0.25, 0.3) is 0 Å². The maximum atomic E-state index is 4.69. The van der Waals surface area contributed by atoms with Gasteiger partial charge in [-0.25, -0.2) is 15.0 Å². The summed E-state index contributed by atoms with van der Waals surface area (Å²) in [5.74, 6) is 1.77. The van der Waals surface area contributed by atoms with E-state index in [2.05, 4.69) is 27.2 Å². The van der Waals surface area contributed by atoms with Crippen molar-refractivity contribution in [3.63, 3.8) is 0 Å². The number of aryl methyl sites for hydroxylation is 2. The number of rotatable bonds is 3. The van der Waals surface area contributed by atoms with Crippen LogP contribution < -0.4 is 5.32 Å². The van der Waals surface area contributed by atoms with E-state index in [0.717, 1.165) is 36.7 Å². The number of aromatic nitrogens is 4. The largest absolute Gasteiger partial charge is 0.370 e. The molecule has 2 aromatic heterocycles. The summed E-state index contributed by atoms with van der Waals surface area (Å²) >= 11 is 0. The molecule has 0 atom stereocenters. The number of imidazole rings is 1. The van der Waals surface area contributed by atoms with Gasteiger partial charge < -0.3 is 9.88 Å². The van der Waals surface area contributed by atoms with Crippen LogP contribution in [0.5, 0.6) is 0 Å². The molecule has 0 spiro atoms. The van der Waals surface area contributed by atoms with Crippen LogP contribution in [0.2, 0.25) is 0 Å². The molecule has 0 fully saturated rings. The van der Waals surface area contributed by atoms with E-state index in [1.807, 2.05) is 17.8 Å². The fraction of sp³-hybridized carbons (Fsp3) is 0.462. The Morgan fingerprint density at radius 3 is 2.94 bits per heavy atom. The van der Waals surface area contributed by atoms with E-state index in [9.17, 15) is 0 Å². The van der Waals surface area contributed by atoms with Crippen LogP contribution in [-0.2, 0) is 19.9 Å². The molecule has 1 N–H and O–H groups in total. The highest BCUT2D eigenvalue weighted by atomic mass is 15.1. The second-order valence-electron chi connectivity index (χ2n) is 4.59. The lowest BCUT2D eigenvalue weighted by Gasteiger charge is -2.11. The van der Waals surface area contributed by atoms with Gasteiger partial charge >= 0.3 is 0 Å². The van der Waals surface area contributed by atoms with Gasteiger partial charge in [0.05, 0.1) is 12.5 Å². The maximum absolute atomic E-state index is 4.69. The number of hydrogen-bond acceptors (Lipinski definition) is 4. The van der Waals surface area contributed by atoms with Crippen molar-refractivity contribution in [1.82, 2.24) is 19.5 Å². The zero-order chi connectivity index (χ0) is 12.5. The number of hydrogen-bond donors (Lipinski definition) is 1. The average molecular weight is 243 g/mol. The summed E-state index contributed by atoms with van der Waals surface area (Å²) in [5.41, 5.74) is 3.45. The van der Waals surface area contributed by atoms with Gasteiger partial charge in [0.1, 0.15) is 11.5 Å². The molecule has 5 nitrogen and oxygen atoms in total. The van der Waals surface area contributed by atoms with Crippen molar-refractivity contribution in [3.05, 3.63) is 23.8 Å². The van der Waals surface area contributed by atoms with Gasteiger partial charge in [-0.15, -0.1) is 0 Å². The second-order valence-corrected chi connectivity index (χ2v) is 4.59. The summed E-state index contributed by atoms with van der Waals surface area (Å²) in [6.45, 7) is 2.97. The Balaban J connectivity index is 2.12. The summed E-state index contributed by atoms with van der Waals surface area (Å²) in [6.07, 6.45) is 6.91. The van der Waals surface area contributed by atoms with E-state index in [0.29, 0.717) is 0 Å². The third-order valence-electron chi connectivity index (χ3n) is 3.32. The highest BCUT2D eigenvalue weighted by molar-refractivity contribution is 5.57. The molecule has 0 saturated carbocycles. The maximum Gasteiger partial charge on any atom is 0.180 e. The Morgan fingerprint density at radius 1 is 1.33 bits per heavy atom. The van der Waals surface area contributed by atoms with Gasteiger partial charge in [-0.1, -0.05) is 0 Å². The lowest BCUT2D eigenvalue weighted by molar-refractivity contribution is 0.891. The van der Waals surface area contributed by atoms with E-state index in [4.69, 9.17) is 0 Å². The fourth-order valence-corrected chi connectivity index (χ4v) is 2.43. The molecule has 1 aliphatic rings. The average Bonchev–Trinajstić information content (AvgIpc) is 2.97. The Kier molecular flexibility index (Phi) is 2.74. The lowest BCUT2D eigenvalue weighted by Crippen LogP contribution is -2.07. The first kappa shape index (κ1) is 11.2. The molecule has 0 bridgehead atoms. The van der Waals surface area contributed by atoms with Crippen LogP contribution in [0.25, 0.3) is 11.5 Å². The molecule has 2 heterocycles. The molecule has 0 amide bonds. The van der Waals surface area contributed by atoms with Crippen molar-refractivity contribution in [1.29, 1.82) is 0 Å². The molecule has 0 radical (unpaired) electrons. The molecule has 2 aromatic rings. The van der Waals surface area contributed by atoms with Crippen molar-refractivity contribution >= 4 is 5.82 Å². The Bertz CT molecular complexity index is 573. The summed E-state index contributed by atoms with van der Waals surface area (Å²) < 4.78 is 1.95. The quantitative estimate of drug-likeness (QED) is 0.893. The lowest BCUT2D eigenvalue weighted by atomic mass is 10.2. The van der Waals surface area contributed by atoms with Crippen LogP contribution in [0, 0.1) is 0 Å². The SMILES string of the molecule is CCNc1nc(-c2cncn2C)nc2c1CCC2. The molecule has 0 aliphatic heterocycles. The number of anilines is 1. The van der Waals surface area contributed by atoms with E-state index in [1.54, 1.807) is 6.33 Å². The standard InChI is InChI=1S/C13H17N5/c1-3-15-12-9-5-4-6-10(9)16-13(17-12)11-7-14-8-18(11)2/h7-8H,3-6H2,1-2H3,(H,15,16,17). The van der Waals surface area contributed by atoms with Crippen LogP contribution in [0.1, 0.15) is 24.6 Å². The van der Waals surface area contributed by atoms with E-state index in [1.165, 1.54) is 17.7 Å². The molecule has 0 saturated heterocycles. The van der Waals surface area contributed by atoms with Crippen LogP contribution >= 0.6 is 0 Å². The van der Waals surface area contributed by atoms with E-state index < -0.39 is 0 Å². The van der Waals surface area contributed by atoms with Gasteiger partial charge in [0.15, 0.2) is 5.82 Å². The molecule has 5 heteroatoms. The first-order valence-corrected chi connectivity index (χ1v) is 6.40. The van der Waals surface area contributed by atoms with Crippen molar-refractivity contribution in [2.24, 2.45) is 7.05 Å². The van der Waals surface area contributed by atoms with Gasteiger partial charge in [-0.05, 0) is 26.2 Å². The third kappa shape index (κ3) is 1.75. The summed E-state index contributed by atoms with van der Waals surface area (Å²) in [5, 5.41) is 3.35. The van der Waals surface area contributed by atoms with E-state index in [-0.39, 0.29) is 0 Å². The molecule has 0 aromatic carbocycles. The van der Waals surface area contributed by atoms with Crippen molar-refractivity contribution in [3.8, 4) is 11.5 Å². The molecule has 3 rings (SSSR count). The highest BCUT2D eigenvalue weighted by Gasteiger charge is 2.20. The number of nitrogens with one attached hydrogen (secondary N) is 1. The molecule has 94 valence electrons. The fourth-order valence-electron chi connectivity index (χ4n) is 2.43. The first-order chi connectivity index (χ1) is 8.79. The minimum atomic E-state index is 0.770. The van der Waals surface area contributed by atoms with Crippen LogP contribution in [0.3, 0.4) is 0 Å². The van der Waals surface area contributed by atoms with Crippen LogP contribution in [0.15, 0.2) is 12.5 Å². The number of nitrogens with zero attached hydrogens (tertiary/aromatic N) is 4. The molecule has 1 aliphatic carbocycles. The zero-order valence-electron chi connectivity index (χ0n) is 10.8. The van der Waals surface area contributed by atoms with Gasteiger partial charge in [0.2, 0.25) is 0 Å². The minimum Gasteiger partial charge on any atom is -0.370 e. The molecule has 0 unspecified atom stereocenters. The summed E-state index contributed by atoms with van der Waals surface area (Å²) in [6, 6.07) is 0. The topological polar surface area (TPSA) is 55.6 Å². The minimum absolute atomic E-state index is 0.770. The third-order valence-corrected chi connectivity index (χ3v) is 3.32. The second kappa shape index (κ2) is 4.40. The summed E-state index contributed by atoms with van der Waals surface area (Å²) in [4.78, 5) is 13.5. The van der Waals surface area contributed by atoms with Crippen LogP contribution in [-0.4, -0.2) is 26.1 Å². The van der Waals surface area contributed by atoms with Gasteiger partial charge in [-0.3, -0.25) is 0 Å². The Morgan fingerprint density at radius 2 is 2.22 bits per heavy atom. The highest BCUT2D eigenvalue weighted by Crippen LogP contribution is 2.28. The number of fused-ring (bicyclic) bond motifs is 1. The smallest absolute Gasteiger partial charge is 0.180 e. The first-order valence-electron chi connectivity index (χ1n) is 6.40. The predicted molar refractivity (Wildman–Crippen MR) is 70.4 cm³/mol. The monoisotopic (exact) mass is 243 g/mol. The summed E-state index contributed by atoms with van der Waals surface area (Å²) in [7, 11) is 1.96. The van der Waals surface area contributed by atoms with Crippen LogP contribution in [0.4, 0.5) is 5.82 Å².